The van der Waals surface area contributed by atoms with Crippen LogP contribution in [0.3, 0.4) is 0 Å². The van der Waals surface area contributed by atoms with Crippen LogP contribution < -0.4 is 4.90 Å². The normalized spacial score (nSPS) is 11.7. The van der Waals surface area contributed by atoms with Crippen LogP contribution in [0.4, 0.5) is 17.1 Å². The molecule has 7 aromatic carbocycles. The number of fused-ring (bicyclic) bond motifs is 10. The molecular weight excluding hydrogens is 526 g/mol. The maximum absolute atomic E-state index is 6.67. The molecule has 0 aliphatic rings. The van der Waals surface area contributed by atoms with Crippen LogP contribution in [0.5, 0.6) is 0 Å². The summed E-state index contributed by atoms with van der Waals surface area (Å²) >= 11 is 0. The highest BCUT2D eigenvalue weighted by Gasteiger charge is 2.22. The average Bonchev–Trinajstić information content (AvgIpc) is 3.65. The molecule has 0 N–H and O–H groups in total. The molecule has 202 valence electrons. The minimum atomic E-state index is 0.856. The van der Waals surface area contributed by atoms with Gasteiger partial charge in [0, 0.05) is 38.6 Å². The summed E-state index contributed by atoms with van der Waals surface area (Å²) in [6.07, 6.45) is 0. The van der Waals surface area contributed by atoms with E-state index in [-0.39, 0.29) is 0 Å². The van der Waals surface area contributed by atoms with Crippen molar-refractivity contribution in [3.05, 3.63) is 152 Å². The van der Waals surface area contributed by atoms with Gasteiger partial charge >= 0.3 is 0 Å². The van der Waals surface area contributed by atoms with E-state index in [1.165, 1.54) is 11.1 Å². The topological polar surface area (TPSA) is 29.5 Å². The first-order chi connectivity index (χ1) is 21.3. The molecule has 9 rings (SSSR count). The second-order valence-corrected chi connectivity index (χ2v) is 10.9. The van der Waals surface area contributed by atoms with E-state index in [9.17, 15) is 0 Å². The molecule has 0 spiro atoms. The zero-order valence-electron chi connectivity index (χ0n) is 23.2. The Morgan fingerprint density at radius 1 is 0.349 bits per heavy atom. The van der Waals surface area contributed by atoms with Gasteiger partial charge in [0.1, 0.15) is 22.3 Å². The quantitative estimate of drug-likeness (QED) is 0.218. The molecule has 3 nitrogen and oxygen atoms in total. The third kappa shape index (κ3) is 3.68. The van der Waals surface area contributed by atoms with E-state index in [0.717, 1.165) is 71.7 Å². The fourth-order valence-electron chi connectivity index (χ4n) is 6.49. The molecule has 9 aromatic rings. The average molecular weight is 552 g/mol. The molecule has 2 aromatic heterocycles. The van der Waals surface area contributed by atoms with Gasteiger partial charge < -0.3 is 13.7 Å². The molecular formula is C40H25NO2. The molecule has 3 heteroatoms. The van der Waals surface area contributed by atoms with Gasteiger partial charge in [-0.1, -0.05) is 103 Å². The van der Waals surface area contributed by atoms with Gasteiger partial charge in [-0.05, 0) is 65.0 Å². The lowest BCUT2D eigenvalue weighted by Gasteiger charge is -2.25. The van der Waals surface area contributed by atoms with Crippen molar-refractivity contribution >= 4 is 71.7 Å². The Labute approximate surface area is 247 Å². The molecule has 0 saturated heterocycles. The first-order valence-corrected chi connectivity index (χ1v) is 14.5. The Morgan fingerprint density at radius 2 is 0.907 bits per heavy atom. The van der Waals surface area contributed by atoms with Crippen LogP contribution in [-0.4, -0.2) is 0 Å². The number of rotatable bonds is 4. The Kier molecular flexibility index (Phi) is 5.20. The lowest BCUT2D eigenvalue weighted by Crippen LogP contribution is -2.09. The fraction of sp³-hybridized carbons (Fsp3) is 0. The van der Waals surface area contributed by atoms with Gasteiger partial charge in [-0.25, -0.2) is 0 Å². The van der Waals surface area contributed by atoms with Crippen LogP contribution in [0, 0.1) is 0 Å². The summed E-state index contributed by atoms with van der Waals surface area (Å²) < 4.78 is 13.1. The zero-order chi connectivity index (χ0) is 28.3. The Hall–Kier alpha value is -5.80. The minimum absolute atomic E-state index is 0.856. The van der Waals surface area contributed by atoms with E-state index in [4.69, 9.17) is 8.83 Å². The van der Waals surface area contributed by atoms with E-state index in [1.54, 1.807) is 0 Å². The minimum Gasteiger partial charge on any atom is -0.455 e. The van der Waals surface area contributed by atoms with Crippen molar-refractivity contribution in [3.63, 3.8) is 0 Å². The second-order valence-electron chi connectivity index (χ2n) is 10.9. The van der Waals surface area contributed by atoms with Crippen molar-refractivity contribution in [1.82, 2.24) is 0 Å². The first kappa shape index (κ1) is 23.9. The SMILES string of the molecule is c1ccc(-c2ccc(N(c3ccccc3)c3ccc4oc5c(c4c3)c3ccccc3c3oc4ccccc4c35)cc2)cc1. The number of anilines is 3. The highest BCUT2D eigenvalue weighted by molar-refractivity contribution is 6.33. The van der Waals surface area contributed by atoms with E-state index >= 15 is 0 Å². The van der Waals surface area contributed by atoms with Crippen LogP contribution in [0.2, 0.25) is 0 Å². The van der Waals surface area contributed by atoms with Gasteiger partial charge in [0.05, 0.1) is 5.39 Å². The monoisotopic (exact) mass is 551 g/mol. The highest BCUT2D eigenvalue weighted by atomic mass is 16.3. The van der Waals surface area contributed by atoms with Crippen LogP contribution in [0.25, 0.3) is 65.8 Å². The summed E-state index contributed by atoms with van der Waals surface area (Å²) in [5, 5.41) is 6.50. The summed E-state index contributed by atoms with van der Waals surface area (Å²) in [5.74, 6) is 0. The van der Waals surface area contributed by atoms with Gasteiger partial charge in [0.2, 0.25) is 0 Å². The third-order valence-electron chi connectivity index (χ3n) is 8.44. The van der Waals surface area contributed by atoms with Gasteiger partial charge in [0.15, 0.2) is 0 Å². The van der Waals surface area contributed by atoms with Crippen LogP contribution in [-0.2, 0) is 0 Å². The number of hydrogen-bond acceptors (Lipinski definition) is 3. The van der Waals surface area contributed by atoms with Gasteiger partial charge in [-0.15, -0.1) is 0 Å². The number of nitrogens with zero attached hydrogens (tertiary/aromatic N) is 1. The molecule has 0 fully saturated rings. The van der Waals surface area contributed by atoms with Crippen molar-refractivity contribution in [2.75, 3.05) is 4.90 Å². The summed E-state index contributed by atoms with van der Waals surface area (Å²) in [5.41, 5.74) is 9.10. The number of furan rings is 2. The smallest absolute Gasteiger partial charge is 0.147 e. The Morgan fingerprint density at radius 3 is 1.70 bits per heavy atom. The predicted octanol–water partition coefficient (Wildman–Crippen LogP) is 11.8. The molecule has 43 heavy (non-hydrogen) atoms. The maximum atomic E-state index is 6.67. The van der Waals surface area contributed by atoms with E-state index in [0.29, 0.717) is 0 Å². The van der Waals surface area contributed by atoms with E-state index in [2.05, 4.69) is 138 Å². The summed E-state index contributed by atoms with van der Waals surface area (Å²) in [6.45, 7) is 0. The Balaban J connectivity index is 1.30. The summed E-state index contributed by atoms with van der Waals surface area (Å²) in [7, 11) is 0. The van der Waals surface area contributed by atoms with Crippen LogP contribution in [0.15, 0.2) is 160 Å². The predicted molar refractivity (Wildman–Crippen MR) is 179 cm³/mol. The third-order valence-corrected chi connectivity index (χ3v) is 8.44. The number of benzene rings is 7. The molecule has 2 heterocycles. The van der Waals surface area contributed by atoms with E-state index < -0.39 is 0 Å². The second kappa shape index (κ2) is 9.37. The fourth-order valence-corrected chi connectivity index (χ4v) is 6.49. The zero-order valence-corrected chi connectivity index (χ0v) is 23.2. The maximum Gasteiger partial charge on any atom is 0.147 e. The van der Waals surface area contributed by atoms with Gasteiger partial charge in [0.25, 0.3) is 0 Å². The molecule has 0 aliphatic carbocycles. The summed E-state index contributed by atoms with van der Waals surface area (Å²) in [4.78, 5) is 2.31. The Bertz CT molecular complexity index is 2440. The first-order valence-electron chi connectivity index (χ1n) is 14.5. The summed E-state index contributed by atoms with van der Waals surface area (Å²) in [6, 6.07) is 53.0. The van der Waals surface area contributed by atoms with Gasteiger partial charge in [-0.3, -0.25) is 0 Å². The lowest BCUT2D eigenvalue weighted by atomic mass is 9.99. The number of hydrogen-bond donors (Lipinski definition) is 0. The van der Waals surface area contributed by atoms with Crippen molar-refractivity contribution in [3.8, 4) is 11.1 Å². The van der Waals surface area contributed by atoms with Crippen molar-refractivity contribution in [2.45, 2.75) is 0 Å². The lowest BCUT2D eigenvalue weighted by molar-refractivity contribution is 0.665. The largest absolute Gasteiger partial charge is 0.455 e. The van der Waals surface area contributed by atoms with Crippen LogP contribution in [0.1, 0.15) is 0 Å². The molecule has 0 unspecified atom stereocenters. The molecule has 0 bridgehead atoms. The molecule has 0 atom stereocenters. The number of para-hydroxylation sites is 2. The molecule has 0 amide bonds. The highest BCUT2D eigenvalue weighted by Crippen LogP contribution is 2.46. The van der Waals surface area contributed by atoms with Crippen LogP contribution >= 0.6 is 0 Å². The van der Waals surface area contributed by atoms with Gasteiger partial charge in [-0.2, -0.15) is 0 Å². The van der Waals surface area contributed by atoms with Crippen molar-refractivity contribution in [2.24, 2.45) is 0 Å². The van der Waals surface area contributed by atoms with Crippen molar-refractivity contribution in [1.29, 1.82) is 0 Å². The molecule has 0 radical (unpaired) electrons. The molecule has 0 aliphatic heterocycles. The molecule has 0 saturated carbocycles. The van der Waals surface area contributed by atoms with Crippen molar-refractivity contribution < 1.29 is 8.83 Å². The van der Waals surface area contributed by atoms with E-state index in [1.807, 2.05) is 18.2 Å². The standard InChI is InChI=1S/C40H25NO2/c1-3-11-26(12-4-1)27-19-21-29(22-20-27)41(28-13-5-2-6-14-28)30-23-24-36-34(25-30)37-31-15-7-8-16-32(31)39-38(40(37)43-36)33-17-9-10-18-35(33)42-39/h1-25H.